The molecule has 0 saturated carbocycles. The number of thioether (sulfide) groups is 1. The first-order chi connectivity index (χ1) is 16.7. The maximum Gasteiger partial charge on any atom is 0.318 e. The Bertz CT molecular complexity index is 1400. The van der Waals surface area contributed by atoms with E-state index in [4.69, 9.17) is 4.74 Å². The molecule has 3 aromatic carbocycles. The molecule has 0 bridgehead atoms. The lowest BCUT2D eigenvalue weighted by atomic mass is 10.1. The molecule has 1 aliphatic rings. The van der Waals surface area contributed by atoms with E-state index in [1.807, 2.05) is 31.2 Å². The summed E-state index contributed by atoms with van der Waals surface area (Å²) in [5.41, 5.74) is 1.19. The van der Waals surface area contributed by atoms with Crippen LogP contribution >= 0.6 is 11.8 Å². The van der Waals surface area contributed by atoms with Crippen molar-refractivity contribution in [2.24, 2.45) is 0 Å². The van der Waals surface area contributed by atoms with Gasteiger partial charge < -0.3 is 4.74 Å². The van der Waals surface area contributed by atoms with Crippen molar-refractivity contribution in [3.05, 3.63) is 109 Å². The molecule has 0 spiro atoms. The van der Waals surface area contributed by atoms with E-state index in [1.165, 1.54) is 12.1 Å². The van der Waals surface area contributed by atoms with Crippen molar-refractivity contribution in [2.45, 2.75) is 13.5 Å². The van der Waals surface area contributed by atoms with E-state index in [0.29, 0.717) is 5.56 Å². The van der Waals surface area contributed by atoms with Gasteiger partial charge in [-0.1, -0.05) is 42.5 Å². The quantitative estimate of drug-likeness (QED) is 0.229. The fourth-order valence-electron chi connectivity index (χ4n) is 3.39. The van der Waals surface area contributed by atoms with Crippen LogP contribution in [0.25, 0.3) is 6.08 Å². The summed E-state index contributed by atoms with van der Waals surface area (Å²) in [5, 5.41) is 22.0. The van der Waals surface area contributed by atoms with Crippen LogP contribution in [-0.2, 0) is 11.3 Å². The Balaban J connectivity index is 1.63. The van der Waals surface area contributed by atoms with Gasteiger partial charge in [0.05, 0.1) is 27.4 Å². The van der Waals surface area contributed by atoms with Crippen molar-refractivity contribution < 1.29 is 24.2 Å². The number of nitro benzene ring substituents is 2. The molecule has 1 saturated heterocycles. The lowest BCUT2D eigenvalue weighted by molar-refractivity contribution is -0.394. The third-order valence-corrected chi connectivity index (χ3v) is 6.15. The molecule has 176 valence electrons. The summed E-state index contributed by atoms with van der Waals surface area (Å²) in [6, 6.07) is 17.0. The van der Waals surface area contributed by atoms with Gasteiger partial charge in [0.1, 0.15) is 5.75 Å². The molecule has 1 fully saturated rings. The average Bonchev–Trinajstić information content (AvgIpc) is 3.09. The monoisotopic (exact) mass is 491 g/mol. The topological polar surface area (TPSA) is 133 Å². The van der Waals surface area contributed by atoms with Gasteiger partial charge in [-0.25, -0.2) is 0 Å². The summed E-state index contributed by atoms with van der Waals surface area (Å²) in [7, 11) is 0. The lowest BCUT2D eigenvalue weighted by Gasteiger charge is -2.14. The van der Waals surface area contributed by atoms with E-state index in [1.54, 1.807) is 18.2 Å². The molecule has 35 heavy (non-hydrogen) atoms. The number of para-hydroxylation sites is 1. The van der Waals surface area contributed by atoms with Crippen LogP contribution in [0.1, 0.15) is 16.7 Å². The smallest absolute Gasteiger partial charge is 0.318 e. The van der Waals surface area contributed by atoms with Crippen LogP contribution in [0.3, 0.4) is 0 Å². The van der Waals surface area contributed by atoms with Gasteiger partial charge in [0.15, 0.2) is 0 Å². The Labute approximate surface area is 203 Å². The highest BCUT2D eigenvalue weighted by molar-refractivity contribution is 8.18. The Hall–Kier alpha value is -4.51. The summed E-state index contributed by atoms with van der Waals surface area (Å²) in [6.07, 6.45) is 1.48. The van der Waals surface area contributed by atoms with E-state index < -0.39 is 32.4 Å². The first-order valence-corrected chi connectivity index (χ1v) is 11.1. The maximum atomic E-state index is 13.0. The zero-order valence-electron chi connectivity index (χ0n) is 18.2. The maximum absolute atomic E-state index is 13.0. The van der Waals surface area contributed by atoms with Gasteiger partial charge in [-0.2, -0.15) is 0 Å². The normalized spacial score (nSPS) is 14.4. The van der Waals surface area contributed by atoms with Crippen molar-refractivity contribution >= 4 is 40.4 Å². The summed E-state index contributed by atoms with van der Waals surface area (Å²) in [5.74, 6) is -0.483. The first-order valence-electron chi connectivity index (χ1n) is 10.2. The van der Waals surface area contributed by atoms with Crippen LogP contribution in [0.5, 0.6) is 11.5 Å². The second kappa shape index (κ2) is 9.77. The highest BCUT2D eigenvalue weighted by atomic mass is 32.2. The van der Waals surface area contributed by atoms with E-state index in [-0.39, 0.29) is 22.9 Å². The molecule has 4 rings (SSSR count). The third-order valence-electron chi connectivity index (χ3n) is 5.24. The van der Waals surface area contributed by atoms with Gasteiger partial charge >= 0.3 is 5.69 Å². The lowest BCUT2D eigenvalue weighted by Crippen LogP contribution is -2.27. The van der Waals surface area contributed by atoms with E-state index in [0.717, 1.165) is 46.0 Å². The number of nitrogens with zero attached hydrogens (tertiary/aromatic N) is 3. The minimum absolute atomic E-state index is 0.141. The molecular formula is C24H17N3O7S. The largest absolute Gasteiger partial charge is 0.449 e. The van der Waals surface area contributed by atoms with E-state index in [9.17, 15) is 29.8 Å². The number of rotatable bonds is 7. The molecule has 0 unspecified atom stereocenters. The molecule has 0 aliphatic carbocycles. The van der Waals surface area contributed by atoms with Crippen molar-refractivity contribution in [3.63, 3.8) is 0 Å². The Morgan fingerprint density at radius 2 is 1.66 bits per heavy atom. The van der Waals surface area contributed by atoms with Crippen molar-refractivity contribution in [1.29, 1.82) is 0 Å². The third kappa shape index (κ3) is 5.04. The van der Waals surface area contributed by atoms with E-state index >= 15 is 0 Å². The summed E-state index contributed by atoms with van der Waals surface area (Å²) in [6.45, 7) is 2.04. The molecule has 2 amide bonds. The van der Waals surface area contributed by atoms with E-state index in [2.05, 4.69) is 0 Å². The number of nitro groups is 2. The molecule has 1 heterocycles. The number of carbonyl (C=O) groups excluding carboxylic acids is 2. The summed E-state index contributed by atoms with van der Waals surface area (Å²) in [4.78, 5) is 47.8. The molecule has 0 aromatic heterocycles. The SMILES string of the molecule is Cc1ccccc1CN1C(=O)S/C(=C\c2ccccc2Oc2ccc([N+](=O)[O-])cc2[N+](=O)[O-])C1=O. The number of aryl methyl sites for hydroxylation is 1. The van der Waals surface area contributed by atoms with Crippen LogP contribution < -0.4 is 4.74 Å². The molecule has 11 heteroatoms. The highest BCUT2D eigenvalue weighted by Crippen LogP contribution is 2.38. The molecule has 0 atom stereocenters. The van der Waals surface area contributed by atoms with Crippen LogP contribution in [0.4, 0.5) is 16.2 Å². The van der Waals surface area contributed by atoms with Gasteiger partial charge in [-0.05, 0) is 48.0 Å². The minimum Gasteiger partial charge on any atom is -0.449 e. The fourth-order valence-corrected chi connectivity index (χ4v) is 4.22. The number of ether oxygens (including phenoxy) is 1. The predicted molar refractivity (Wildman–Crippen MR) is 129 cm³/mol. The van der Waals surface area contributed by atoms with Gasteiger partial charge in [0, 0.05) is 11.6 Å². The zero-order chi connectivity index (χ0) is 25.1. The number of non-ortho nitro benzene ring substituents is 1. The van der Waals surface area contributed by atoms with Crippen molar-refractivity contribution in [3.8, 4) is 11.5 Å². The second-order valence-corrected chi connectivity index (χ2v) is 8.49. The molecule has 3 aromatic rings. The zero-order valence-corrected chi connectivity index (χ0v) is 19.1. The van der Waals surface area contributed by atoms with Crippen LogP contribution in [0, 0.1) is 27.2 Å². The number of benzene rings is 3. The standard InChI is InChI=1S/C24H17N3O7S/c1-15-6-2-3-8-17(15)14-25-23(28)22(35-24(25)29)12-16-7-4-5-9-20(16)34-21-11-10-18(26(30)31)13-19(21)27(32)33/h2-13H,14H2,1H3/b22-12-. The van der Waals surface area contributed by atoms with Crippen molar-refractivity contribution in [2.75, 3.05) is 0 Å². The Morgan fingerprint density at radius 1 is 0.943 bits per heavy atom. The Kier molecular flexibility index (Phi) is 6.60. The van der Waals surface area contributed by atoms with Gasteiger partial charge in [0.25, 0.3) is 16.8 Å². The molecule has 0 N–H and O–H groups in total. The van der Waals surface area contributed by atoms with Crippen LogP contribution in [-0.4, -0.2) is 25.9 Å². The van der Waals surface area contributed by atoms with Gasteiger partial charge in [-0.3, -0.25) is 34.7 Å². The average molecular weight is 491 g/mol. The first kappa shape index (κ1) is 23.6. The van der Waals surface area contributed by atoms with Crippen LogP contribution in [0.2, 0.25) is 0 Å². The summed E-state index contributed by atoms with van der Waals surface area (Å²) < 4.78 is 5.72. The van der Waals surface area contributed by atoms with Crippen LogP contribution in [0.15, 0.2) is 71.6 Å². The number of amides is 2. The molecule has 1 aliphatic heterocycles. The van der Waals surface area contributed by atoms with Crippen molar-refractivity contribution in [1.82, 2.24) is 4.90 Å². The second-order valence-electron chi connectivity index (χ2n) is 7.50. The minimum atomic E-state index is -0.776. The Morgan fingerprint density at radius 3 is 2.37 bits per heavy atom. The number of hydrogen-bond donors (Lipinski definition) is 0. The molecule has 10 nitrogen and oxygen atoms in total. The number of hydrogen-bond acceptors (Lipinski definition) is 8. The number of imide groups is 1. The van der Waals surface area contributed by atoms with Gasteiger partial charge in [0.2, 0.25) is 5.75 Å². The number of carbonyl (C=O) groups is 2. The predicted octanol–water partition coefficient (Wildman–Crippen LogP) is 5.84. The molecular weight excluding hydrogens is 474 g/mol. The molecule has 0 radical (unpaired) electrons. The van der Waals surface area contributed by atoms with Gasteiger partial charge in [-0.15, -0.1) is 0 Å². The fraction of sp³-hybridized carbons (Fsp3) is 0.0833. The highest BCUT2D eigenvalue weighted by Gasteiger charge is 2.35. The summed E-state index contributed by atoms with van der Waals surface area (Å²) >= 11 is 0.790.